The quantitative estimate of drug-likeness (QED) is 0.474. The Balaban J connectivity index is 1.70. The third kappa shape index (κ3) is 5.03. The molecule has 0 spiro atoms. The lowest BCUT2D eigenvalue weighted by Crippen LogP contribution is -2.36. The topological polar surface area (TPSA) is 149 Å². The van der Waals surface area contributed by atoms with Gasteiger partial charge in [-0.2, -0.15) is 0 Å². The minimum atomic E-state index is -1.13. The molecule has 2 heterocycles. The largest absolute Gasteiger partial charge is 0.481 e. The average Bonchev–Trinajstić information content (AvgIpc) is 3.49. The van der Waals surface area contributed by atoms with E-state index in [-0.39, 0.29) is 24.4 Å². The van der Waals surface area contributed by atoms with E-state index in [1.54, 1.807) is 6.20 Å². The molecule has 0 amide bonds. The first-order valence-electron chi connectivity index (χ1n) is 10.4. The Kier molecular flexibility index (Phi) is 7.05. The van der Waals surface area contributed by atoms with Crippen molar-refractivity contribution in [2.24, 2.45) is 11.5 Å². The van der Waals surface area contributed by atoms with Crippen LogP contribution >= 0.6 is 0 Å². The van der Waals surface area contributed by atoms with Crippen molar-refractivity contribution in [3.05, 3.63) is 29.1 Å². The third-order valence-corrected chi connectivity index (χ3v) is 6.25. The lowest BCUT2D eigenvalue weighted by molar-refractivity contribution is -0.139. The van der Waals surface area contributed by atoms with Gasteiger partial charge in [0.2, 0.25) is 0 Å². The second-order valence-electron chi connectivity index (χ2n) is 8.24. The number of nitrogens with two attached hydrogens (primary N) is 2. The number of Topliss-reactive ketones (excluding diaryl/α,β-unsaturated/α-hetero) is 1. The van der Waals surface area contributed by atoms with Crippen molar-refractivity contribution in [1.29, 1.82) is 0 Å². The summed E-state index contributed by atoms with van der Waals surface area (Å²) >= 11 is 0. The number of carbonyl (C=O) groups excluding carboxylic acids is 1. The van der Waals surface area contributed by atoms with Gasteiger partial charge in [-0.05, 0) is 30.4 Å². The highest BCUT2D eigenvalue weighted by Gasteiger charge is 2.52. The molecule has 6 N–H and O–H groups in total. The maximum absolute atomic E-state index is 13.2. The van der Waals surface area contributed by atoms with E-state index in [0.29, 0.717) is 25.9 Å². The van der Waals surface area contributed by atoms with E-state index < -0.39 is 24.6 Å². The van der Waals surface area contributed by atoms with Gasteiger partial charge < -0.3 is 26.3 Å². The summed E-state index contributed by atoms with van der Waals surface area (Å²) < 4.78 is 5.60. The normalized spacial score (nSPS) is 23.9. The summed E-state index contributed by atoms with van der Waals surface area (Å²) in [6.45, 7) is 0.620. The molecule has 9 heteroatoms. The van der Waals surface area contributed by atoms with Gasteiger partial charge in [0.15, 0.2) is 0 Å². The molecule has 1 aromatic heterocycles. The SMILES string of the molecule is NCc1cc(C2(C(=O)C[C@H]3CCCC[C@H](CC(=O)O)OB3O)CC2)cnc1CN. The summed E-state index contributed by atoms with van der Waals surface area (Å²) in [6.07, 6.45) is 5.73. The predicted octanol–water partition coefficient (Wildman–Crippen LogP) is 1.27. The summed E-state index contributed by atoms with van der Waals surface area (Å²) in [4.78, 5) is 28.6. The monoisotopic (exact) mass is 403 g/mol. The van der Waals surface area contributed by atoms with Crippen molar-refractivity contribution in [2.45, 2.75) is 81.8 Å². The number of rotatable bonds is 8. The zero-order valence-electron chi connectivity index (χ0n) is 16.7. The number of carboxylic acids is 1. The van der Waals surface area contributed by atoms with Gasteiger partial charge >= 0.3 is 13.1 Å². The average molecular weight is 403 g/mol. The fourth-order valence-corrected chi connectivity index (χ4v) is 4.29. The number of carboxylic acid groups (broad SMARTS) is 1. The zero-order valence-corrected chi connectivity index (χ0v) is 16.7. The Morgan fingerprint density at radius 3 is 2.55 bits per heavy atom. The highest BCUT2D eigenvalue weighted by Crippen LogP contribution is 2.51. The van der Waals surface area contributed by atoms with E-state index in [4.69, 9.17) is 21.2 Å². The van der Waals surface area contributed by atoms with Gasteiger partial charge in [0, 0.05) is 31.5 Å². The van der Waals surface area contributed by atoms with Crippen molar-refractivity contribution in [3.63, 3.8) is 0 Å². The third-order valence-electron chi connectivity index (χ3n) is 6.25. The molecular formula is C20H30BN3O5. The molecule has 0 radical (unpaired) electrons. The molecule has 3 rings (SSSR count). The van der Waals surface area contributed by atoms with Gasteiger partial charge in [0.25, 0.3) is 0 Å². The predicted molar refractivity (Wildman–Crippen MR) is 108 cm³/mol. The minimum Gasteiger partial charge on any atom is -0.481 e. The number of ketones is 1. The van der Waals surface area contributed by atoms with Crippen LogP contribution in [0.5, 0.6) is 0 Å². The van der Waals surface area contributed by atoms with E-state index in [9.17, 15) is 14.6 Å². The number of pyridine rings is 1. The van der Waals surface area contributed by atoms with Crippen LogP contribution in [0.1, 0.15) is 68.2 Å². The molecular weight excluding hydrogens is 373 g/mol. The van der Waals surface area contributed by atoms with Crippen LogP contribution < -0.4 is 11.5 Å². The Morgan fingerprint density at radius 2 is 1.93 bits per heavy atom. The first kappa shape index (κ1) is 21.9. The lowest BCUT2D eigenvalue weighted by atomic mass is 9.64. The summed E-state index contributed by atoms with van der Waals surface area (Å²) in [5.41, 5.74) is 13.4. The van der Waals surface area contributed by atoms with Crippen molar-refractivity contribution >= 4 is 18.9 Å². The van der Waals surface area contributed by atoms with Crippen LogP contribution in [0.2, 0.25) is 5.82 Å². The zero-order chi connectivity index (χ0) is 21.0. The van der Waals surface area contributed by atoms with E-state index >= 15 is 0 Å². The maximum atomic E-state index is 13.2. The fraction of sp³-hybridized carbons (Fsp3) is 0.650. The number of carbonyl (C=O) groups is 2. The molecule has 0 aromatic carbocycles. The van der Waals surface area contributed by atoms with Crippen LogP contribution in [0.4, 0.5) is 0 Å². The Morgan fingerprint density at radius 1 is 1.21 bits per heavy atom. The van der Waals surface area contributed by atoms with Crippen molar-refractivity contribution in [3.8, 4) is 0 Å². The van der Waals surface area contributed by atoms with Crippen molar-refractivity contribution < 1.29 is 24.4 Å². The summed E-state index contributed by atoms with van der Waals surface area (Å²) in [5.74, 6) is -1.20. The van der Waals surface area contributed by atoms with E-state index in [1.807, 2.05) is 6.07 Å². The van der Waals surface area contributed by atoms with E-state index in [1.165, 1.54) is 0 Å². The second kappa shape index (κ2) is 9.34. The van der Waals surface area contributed by atoms with E-state index in [0.717, 1.165) is 42.5 Å². The Bertz CT molecular complexity index is 756. The first-order valence-corrected chi connectivity index (χ1v) is 10.4. The lowest BCUT2D eigenvalue weighted by Gasteiger charge is -2.28. The smallest absolute Gasteiger partial charge is 0.458 e. The molecule has 2 atom stereocenters. The van der Waals surface area contributed by atoms with Crippen molar-refractivity contribution in [2.75, 3.05) is 0 Å². The molecule has 1 saturated carbocycles. The standard InChI is InChI=1S/C20H30BN3O5/c22-10-13-7-14(12-24-17(13)11-23)20(5-6-20)18(25)8-15-3-1-2-4-16(9-19(26)27)29-21(15)28/h7,12,15-16,28H,1-6,8-11,22-23H2,(H,26,27)/t15-,16-/m1/s1. The molecule has 29 heavy (non-hydrogen) atoms. The molecule has 2 aliphatic rings. The molecule has 1 aromatic rings. The van der Waals surface area contributed by atoms with Gasteiger partial charge in [0.05, 0.1) is 23.6 Å². The van der Waals surface area contributed by atoms with E-state index in [2.05, 4.69) is 4.98 Å². The van der Waals surface area contributed by atoms with Crippen molar-refractivity contribution in [1.82, 2.24) is 4.98 Å². The Hall–Kier alpha value is -1.81. The first-order chi connectivity index (χ1) is 13.9. The number of nitrogens with zero attached hydrogens (tertiary/aromatic N) is 1. The molecule has 2 fully saturated rings. The van der Waals surface area contributed by atoms with Gasteiger partial charge in [-0.1, -0.05) is 25.3 Å². The molecule has 1 aliphatic carbocycles. The highest BCUT2D eigenvalue weighted by molar-refractivity contribution is 6.45. The molecule has 1 aliphatic heterocycles. The molecule has 1 saturated heterocycles. The van der Waals surface area contributed by atoms with Gasteiger partial charge in [-0.25, -0.2) is 0 Å². The van der Waals surface area contributed by atoms with Gasteiger partial charge in [0.1, 0.15) is 5.78 Å². The van der Waals surface area contributed by atoms with Crippen LogP contribution in [-0.2, 0) is 32.7 Å². The number of hydrogen-bond donors (Lipinski definition) is 4. The summed E-state index contributed by atoms with van der Waals surface area (Å²) in [7, 11) is -1.13. The molecule has 8 nitrogen and oxygen atoms in total. The Labute approximate surface area is 171 Å². The summed E-state index contributed by atoms with van der Waals surface area (Å²) in [5, 5.41) is 19.5. The highest BCUT2D eigenvalue weighted by atomic mass is 16.5. The fourth-order valence-electron chi connectivity index (χ4n) is 4.29. The van der Waals surface area contributed by atoms with Crippen LogP contribution in [0.3, 0.4) is 0 Å². The minimum absolute atomic E-state index is 0.0748. The van der Waals surface area contributed by atoms with Crippen LogP contribution in [0, 0.1) is 0 Å². The van der Waals surface area contributed by atoms with Gasteiger partial charge in [-0.3, -0.25) is 14.6 Å². The maximum Gasteiger partial charge on any atom is 0.458 e. The molecule has 0 bridgehead atoms. The second-order valence-corrected chi connectivity index (χ2v) is 8.24. The number of aliphatic carboxylic acids is 1. The number of hydrogen-bond acceptors (Lipinski definition) is 7. The van der Waals surface area contributed by atoms with Crippen LogP contribution in [0.25, 0.3) is 0 Å². The number of aromatic nitrogens is 1. The molecule has 0 unspecified atom stereocenters. The summed E-state index contributed by atoms with van der Waals surface area (Å²) in [6, 6.07) is 1.94. The van der Waals surface area contributed by atoms with Gasteiger partial charge in [-0.15, -0.1) is 0 Å². The molecule has 158 valence electrons. The van der Waals surface area contributed by atoms with Crippen LogP contribution in [-0.4, -0.2) is 40.1 Å². The van der Waals surface area contributed by atoms with Crippen LogP contribution in [0.15, 0.2) is 12.3 Å².